The first-order chi connectivity index (χ1) is 9.66. The van der Waals surface area contributed by atoms with Gasteiger partial charge in [0.05, 0.1) is 6.04 Å². The first-order valence-electron chi connectivity index (χ1n) is 6.64. The molecular formula is C17H16BrNS. The zero-order valence-corrected chi connectivity index (χ0v) is 13.9. The first kappa shape index (κ1) is 13.7. The van der Waals surface area contributed by atoms with Crippen LogP contribution in [0.5, 0.6) is 0 Å². The Morgan fingerprint density at radius 1 is 1.05 bits per heavy atom. The number of thiophene rings is 1. The first-order valence-corrected chi connectivity index (χ1v) is 8.32. The SMILES string of the molecule is Cc1ccsc1C(C)Nc1ccc(Br)c2ccccc12. The highest BCUT2D eigenvalue weighted by atomic mass is 79.9. The van der Waals surface area contributed by atoms with Crippen LogP contribution >= 0.6 is 27.3 Å². The van der Waals surface area contributed by atoms with Gasteiger partial charge in [0, 0.05) is 20.4 Å². The maximum atomic E-state index is 3.64. The van der Waals surface area contributed by atoms with E-state index in [1.807, 2.05) is 11.3 Å². The fourth-order valence-electron chi connectivity index (χ4n) is 2.51. The molecule has 1 unspecified atom stereocenters. The van der Waals surface area contributed by atoms with Crippen LogP contribution in [0, 0.1) is 6.92 Å². The maximum absolute atomic E-state index is 3.64. The quantitative estimate of drug-likeness (QED) is 0.600. The van der Waals surface area contributed by atoms with E-state index in [1.165, 1.54) is 26.9 Å². The molecule has 1 N–H and O–H groups in total. The molecule has 2 aromatic carbocycles. The summed E-state index contributed by atoms with van der Waals surface area (Å²) in [6, 6.07) is 15.2. The second-order valence-corrected chi connectivity index (χ2v) is 6.78. The Hall–Kier alpha value is -1.32. The average Bonchev–Trinajstić information content (AvgIpc) is 2.88. The highest BCUT2D eigenvalue weighted by Gasteiger charge is 2.11. The predicted molar refractivity (Wildman–Crippen MR) is 92.7 cm³/mol. The van der Waals surface area contributed by atoms with Gasteiger partial charge in [-0.25, -0.2) is 0 Å². The fourth-order valence-corrected chi connectivity index (χ4v) is 3.93. The Morgan fingerprint density at radius 2 is 1.80 bits per heavy atom. The lowest BCUT2D eigenvalue weighted by molar-refractivity contribution is 0.901. The van der Waals surface area contributed by atoms with Crippen molar-refractivity contribution in [3.8, 4) is 0 Å². The fraction of sp³-hybridized carbons (Fsp3) is 0.176. The summed E-state index contributed by atoms with van der Waals surface area (Å²) in [5.74, 6) is 0. The van der Waals surface area contributed by atoms with Gasteiger partial charge in [0.2, 0.25) is 0 Å². The lowest BCUT2D eigenvalue weighted by atomic mass is 10.1. The number of benzene rings is 2. The maximum Gasteiger partial charge on any atom is 0.0581 e. The second kappa shape index (κ2) is 5.58. The van der Waals surface area contributed by atoms with Crippen molar-refractivity contribution in [3.63, 3.8) is 0 Å². The molecule has 0 aliphatic rings. The lowest BCUT2D eigenvalue weighted by Crippen LogP contribution is -2.06. The second-order valence-electron chi connectivity index (χ2n) is 4.97. The normalized spacial score (nSPS) is 12.6. The molecule has 1 atom stereocenters. The van der Waals surface area contributed by atoms with Crippen LogP contribution in [0.25, 0.3) is 10.8 Å². The van der Waals surface area contributed by atoms with Gasteiger partial charge >= 0.3 is 0 Å². The molecule has 1 aromatic heterocycles. The molecule has 0 aliphatic heterocycles. The van der Waals surface area contributed by atoms with E-state index in [1.54, 1.807) is 0 Å². The molecular weight excluding hydrogens is 330 g/mol. The van der Waals surface area contributed by atoms with Crippen molar-refractivity contribution in [2.75, 3.05) is 5.32 Å². The van der Waals surface area contributed by atoms with Gasteiger partial charge in [-0.3, -0.25) is 0 Å². The number of nitrogens with one attached hydrogen (secondary N) is 1. The number of anilines is 1. The molecule has 0 radical (unpaired) electrons. The van der Waals surface area contributed by atoms with Gasteiger partial charge in [-0.1, -0.05) is 40.2 Å². The molecule has 0 aliphatic carbocycles. The number of hydrogen-bond donors (Lipinski definition) is 1. The summed E-state index contributed by atoms with van der Waals surface area (Å²) in [6.07, 6.45) is 0. The molecule has 3 heteroatoms. The number of rotatable bonds is 3. The zero-order valence-electron chi connectivity index (χ0n) is 11.5. The number of fused-ring (bicyclic) bond motifs is 1. The third kappa shape index (κ3) is 2.48. The minimum atomic E-state index is 0.319. The van der Waals surface area contributed by atoms with Crippen LogP contribution in [0.4, 0.5) is 5.69 Å². The molecule has 0 saturated heterocycles. The van der Waals surface area contributed by atoms with Crippen LogP contribution in [-0.2, 0) is 0 Å². The Kier molecular flexibility index (Phi) is 3.81. The number of hydrogen-bond acceptors (Lipinski definition) is 2. The summed E-state index contributed by atoms with van der Waals surface area (Å²) in [5, 5.41) is 8.30. The van der Waals surface area contributed by atoms with Crippen molar-refractivity contribution in [1.82, 2.24) is 0 Å². The zero-order chi connectivity index (χ0) is 14.1. The Bertz CT molecular complexity index is 748. The largest absolute Gasteiger partial charge is 0.377 e. The van der Waals surface area contributed by atoms with Gasteiger partial charge in [-0.2, -0.15) is 0 Å². The predicted octanol–water partition coefficient (Wildman–Crippen LogP) is 6.15. The topological polar surface area (TPSA) is 12.0 Å². The summed E-state index contributed by atoms with van der Waals surface area (Å²) >= 11 is 5.44. The van der Waals surface area contributed by atoms with E-state index in [4.69, 9.17) is 0 Å². The van der Waals surface area contributed by atoms with Gasteiger partial charge < -0.3 is 5.32 Å². The minimum Gasteiger partial charge on any atom is -0.377 e. The molecule has 0 fully saturated rings. The average molecular weight is 346 g/mol. The van der Waals surface area contributed by atoms with Crippen LogP contribution in [0.1, 0.15) is 23.4 Å². The van der Waals surface area contributed by atoms with Gasteiger partial charge in [0.15, 0.2) is 0 Å². The van der Waals surface area contributed by atoms with Crippen LogP contribution in [0.15, 0.2) is 52.3 Å². The highest BCUT2D eigenvalue weighted by molar-refractivity contribution is 9.10. The monoisotopic (exact) mass is 345 g/mol. The molecule has 20 heavy (non-hydrogen) atoms. The number of halogens is 1. The van der Waals surface area contributed by atoms with E-state index < -0.39 is 0 Å². The van der Waals surface area contributed by atoms with Crippen LogP contribution in [0.2, 0.25) is 0 Å². The summed E-state index contributed by atoms with van der Waals surface area (Å²) in [7, 11) is 0. The standard InChI is InChI=1S/C17H16BrNS/c1-11-9-10-20-17(11)12(2)19-16-8-7-15(18)13-5-3-4-6-14(13)16/h3-10,12,19H,1-2H3. The third-order valence-corrected chi connectivity index (χ3v) is 5.43. The van der Waals surface area contributed by atoms with Crippen molar-refractivity contribution in [1.29, 1.82) is 0 Å². The van der Waals surface area contributed by atoms with Crippen molar-refractivity contribution in [2.24, 2.45) is 0 Å². The summed E-state index contributed by atoms with van der Waals surface area (Å²) in [5.41, 5.74) is 2.54. The molecule has 0 spiro atoms. The van der Waals surface area contributed by atoms with Gasteiger partial charge in [-0.05, 0) is 48.4 Å². The summed E-state index contributed by atoms with van der Waals surface area (Å²) in [6.45, 7) is 4.39. The summed E-state index contributed by atoms with van der Waals surface area (Å²) < 4.78 is 1.14. The Morgan fingerprint density at radius 3 is 2.50 bits per heavy atom. The number of aryl methyl sites for hydroxylation is 1. The highest BCUT2D eigenvalue weighted by Crippen LogP contribution is 2.33. The van der Waals surface area contributed by atoms with Crippen molar-refractivity contribution in [3.05, 3.63) is 62.8 Å². The lowest BCUT2D eigenvalue weighted by Gasteiger charge is -2.17. The van der Waals surface area contributed by atoms with Gasteiger partial charge in [-0.15, -0.1) is 11.3 Å². The molecule has 0 bridgehead atoms. The molecule has 102 valence electrons. The molecule has 3 rings (SSSR count). The van der Waals surface area contributed by atoms with Crippen LogP contribution in [-0.4, -0.2) is 0 Å². The van der Waals surface area contributed by atoms with E-state index >= 15 is 0 Å². The minimum absolute atomic E-state index is 0.319. The Balaban J connectivity index is 1.99. The Labute approximate surface area is 131 Å². The molecule has 1 heterocycles. The smallest absolute Gasteiger partial charge is 0.0581 e. The van der Waals surface area contributed by atoms with E-state index in [-0.39, 0.29) is 0 Å². The molecule has 0 saturated carbocycles. The van der Waals surface area contributed by atoms with Gasteiger partial charge in [0.25, 0.3) is 0 Å². The van der Waals surface area contributed by atoms with Crippen LogP contribution in [0.3, 0.4) is 0 Å². The molecule has 0 amide bonds. The van der Waals surface area contributed by atoms with Crippen molar-refractivity contribution < 1.29 is 0 Å². The van der Waals surface area contributed by atoms with Gasteiger partial charge in [0.1, 0.15) is 0 Å². The van der Waals surface area contributed by atoms with E-state index in [0.29, 0.717) is 6.04 Å². The van der Waals surface area contributed by atoms with E-state index in [9.17, 15) is 0 Å². The third-order valence-electron chi connectivity index (χ3n) is 3.54. The van der Waals surface area contributed by atoms with Crippen molar-refractivity contribution >= 4 is 43.7 Å². The molecule has 1 nitrogen and oxygen atoms in total. The molecule has 3 aromatic rings. The van der Waals surface area contributed by atoms with Crippen molar-refractivity contribution in [2.45, 2.75) is 19.9 Å². The van der Waals surface area contributed by atoms with E-state index in [0.717, 1.165) is 4.47 Å². The van der Waals surface area contributed by atoms with E-state index in [2.05, 4.69) is 82.9 Å². The summed E-state index contributed by atoms with van der Waals surface area (Å²) in [4.78, 5) is 1.40. The van der Waals surface area contributed by atoms with Crippen LogP contribution < -0.4 is 5.32 Å².